The SMILES string of the molecule is O=C(CCCCCCNC(=O)c1ccc(CC(=O)N(CCO)c2cccc3cccnc23)cc1)NO. The van der Waals surface area contributed by atoms with Gasteiger partial charge in [-0.2, -0.15) is 0 Å². The van der Waals surface area contributed by atoms with Gasteiger partial charge in [0, 0.05) is 36.7 Å². The number of hydroxylamine groups is 1. The number of aromatic nitrogens is 1. The van der Waals surface area contributed by atoms with Gasteiger partial charge >= 0.3 is 0 Å². The number of nitrogens with one attached hydrogen (secondary N) is 2. The molecule has 0 atom stereocenters. The van der Waals surface area contributed by atoms with Crippen molar-refractivity contribution in [2.24, 2.45) is 0 Å². The van der Waals surface area contributed by atoms with E-state index in [9.17, 15) is 19.5 Å². The fourth-order valence-corrected chi connectivity index (χ4v) is 3.95. The van der Waals surface area contributed by atoms with Crippen molar-refractivity contribution in [1.29, 1.82) is 0 Å². The molecule has 0 bridgehead atoms. The number of carbonyl (C=O) groups is 3. The zero-order valence-electron chi connectivity index (χ0n) is 20.2. The molecule has 0 unspecified atom stereocenters. The standard InChI is InChI=1S/C27H32N4O5/c32-18-17-31(23-9-5-7-21-8-6-16-28-26(21)23)25(34)19-20-11-13-22(14-12-20)27(35)29-15-4-2-1-3-10-24(33)30-36/h5-9,11-14,16,32,36H,1-4,10,15,17-19H2,(H,29,35)(H,30,33). The lowest BCUT2D eigenvalue weighted by molar-refractivity contribution is -0.129. The Balaban J connectivity index is 1.52. The summed E-state index contributed by atoms with van der Waals surface area (Å²) in [5.74, 6) is -0.743. The van der Waals surface area contributed by atoms with Crippen molar-refractivity contribution in [3.05, 3.63) is 71.9 Å². The minimum atomic E-state index is -0.389. The van der Waals surface area contributed by atoms with Gasteiger partial charge in [0.1, 0.15) is 0 Å². The third kappa shape index (κ3) is 7.59. The Hall–Kier alpha value is -3.82. The minimum absolute atomic E-state index is 0.124. The number of rotatable bonds is 13. The first-order valence-electron chi connectivity index (χ1n) is 12.1. The number of aliphatic hydroxyl groups is 1. The molecule has 3 amide bonds. The highest BCUT2D eigenvalue weighted by atomic mass is 16.5. The Morgan fingerprint density at radius 3 is 2.42 bits per heavy atom. The first kappa shape index (κ1) is 26.8. The number of fused-ring (bicyclic) bond motifs is 1. The van der Waals surface area contributed by atoms with Crippen LogP contribution < -0.4 is 15.7 Å². The van der Waals surface area contributed by atoms with Crippen molar-refractivity contribution in [1.82, 2.24) is 15.8 Å². The minimum Gasteiger partial charge on any atom is -0.395 e. The smallest absolute Gasteiger partial charge is 0.251 e. The molecule has 1 aromatic heterocycles. The van der Waals surface area contributed by atoms with Gasteiger partial charge in [-0.05, 0) is 42.7 Å². The first-order valence-corrected chi connectivity index (χ1v) is 12.1. The number of carbonyl (C=O) groups excluding carboxylic acids is 3. The molecule has 36 heavy (non-hydrogen) atoms. The van der Waals surface area contributed by atoms with Crippen LogP contribution in [0, 0.1) is 0 Å². The Bertz CT molecular complexity index is 1160. The zero-order chi connectivity index (χ0) is 25.8. The molecular formula is C27H32N4O5. The van der Waals surface area contributed by atoms with E-state index in [4.69, 9.17) is 5.21 Å². The second kappa shape index (κ2) is 13.9. The summed E-state index contributed by atoms with van der Waals surface area (Å²) in [4.78, 5) is 42.5. The molecule has 0 aliphatic carbocycles. The van der Waals surface area contributed by atoms with Gasteiger partial charge in [-0.25, -0.2) is 5.48 Å². The van der Waals surface area contributed by atoms with Crippen molar-refractivity contribution >= 4 is 34.3 Å². The highest BCUT2D eigenvalue weighted by Crippen LogP contribution is 2.25. The molecule has 0 saturated carbocycles. The van der Waals surface area contributed by atoms with Crippen LogP contribution in [0.3, 0.4) is 0 Å². The maximum atomic E-state index is 13.1. The average Bonchev–Trinajstić information content (AvgIpc) is 2.91. The molecule has 4 N–H and O–H groups in total. The van der Waals surface area contributed by atoms with Crippen molar-refractivity contribution in [2.75, 3.05) is 24.6 Å². The van der Waals surface area contributed by atoms with Crippen LogP contribution in [0.2, 0.25) is 0 Å². The lowest BCUT2D eigenvalue weighted by atomic mass is 10.1. The summed E-state index contributed by atoms with van der Waals surface area (Å²) in [6.45, 7) is 0.510. The maximum Gasteiger partial charge on any atom is 0.251 e. The molecule has 0 radical (unpaired) electrons. The van der Waals surface area contributed by atoms with Gasteiger partial charge in [0.2, 0.25) is 11.8 Å². The Labute approximate surface area is 210 Å². The predicted octanol–water partition coefficient (Wildman–Crippen LogP) is 2.99. The van der Waals surface area contributed by atoms with Gasteiger partial charge in [-0.3, -0.25) is 24.6 Å². The van der Waals surface area contributed by atoms with E-state index in [0.29, 0.717) is 29.7 Å². The summed E-state index contributed by atoms with van der Waals surface area (Å²) >= 11 is 0. The van der Waals surface area contributed by atoms with Crippen LogP contribution in [0.25, 0.3) is 10.9 Å². The lowest BCUT2D eigenvalue weighted by Gasteiger charge is -2.23. The van der Waals surface area contributed by atoms with Crippen LogP contribution >= 0.6 is 0 Å². The molecule has 9 nitrogen and oxygen atoms in total. The summed E-state index contributed by atoms with van der Waals surface area (Å²) in [5, 5.41) is 21.8. The van der Waals surface area contributed by atoms with E-state index < -0.39 is 0 Å². The Kier molecular flexibility index (Phi) is 10.3. The summed E-state index contributed by atoms with van der Waals surface area (Å²) in [6, 6.07) is 16.3. The molecule has 0 fully saturated rings. The normalized spacial score (nSPS) is 10.7. The quantitative estimate of drug-likeness (QED) is 0.165. The van der Waals surface area contributed by atoms with E-state index in [1.165, 1.54) is 0 Å². The monoisotopic (exact) mass is 492 g/mol. The van der Waals surface area contributed by atoms with Crippen molar-refractivity contribution in [3.8, 4) is 0 Å². The third-order valence-electron chi connectivity index (χ3n) is 5.84. The Morgan fingerprint density at radius 2 is 1.67 bits per heavy atom. The maximum absolute atomic E-state index is 13.1. The second-order valence-electron chi connectivity index (χ2n) is 8.45. The van der Waals surface area contributed by atoms with Crippen LogP contribution in [-0.2, 0) is 16.0 Å². The molecule has 190 valence electrons. The first-order chi connectivity index (χ1) is 17.5. The van der Waals surface area contributed by atoms with Crippen molar-refractivity contribution in [2.45, 2.75) is 38.5 Å². The fraction of sp³-hybridized carbons (Fsp3) is 0.333. The number of unbranched alkanes of at least 4 members (excludes halogenated alkanes) is 3. The number of nitrogens with zero attached hydrogens (tertiary/aromatic N) is 2. The van der Waals surface area contributed by atoms with E-state index in [-0.39, 0.29) is 43.7 Å². The van der Waals surface area contributed by atoms with Crippen molar-refractivity contribution in [3.63, 3.8) is 0 Å². The second-order valence-corrected chi connectivity index (χ2v) is 8.45. The van der Waals surface area contributed by atoms with E-state index in [1.807, 2.05) is 30.3 Å². The van der Waals surface area contributed by atoms with E-state index in [0.717, 1.165) is 30.2 Å². The summed E-state index contributed by atoms with van der Waals surface area (Å²) in [6.07, 6.45) is 5.28. The molecule has 0 spiro atoms. The van der Waals surface area contributed by atoms with Crippen LogP contribution in [0.5, 0.6) is 0 Å². The highest BCUT2D eigenvalue weighted by molar-refractivity contribution is 6.02. The van der Waals surface area contributed by atoms with E-state index in [1.54, 1.807) is 40.8 Å². The average molecular weight is 493 g/mol. The van der Waals surface area contributed by atoms with Crippen LogP contribution in [-0.4, -0.2) is 52.7 Å². The number of hydrogen-bond donors (Lipinski definition) is 4. The zero-order valence-corrected chi connectivity index (χ0v) is 20.2. The number of aliphatic hydroxyl groups excluding tert-OH is 1. The molecule has 2 aromatic carbocycles. The number of benzene rings is 2. The van der Waals surface area contributed by atoms with Gasteiger partial charge in [-0.15, -0.1) is 0 Å². The number of pyridine rings is 1. The molecule has 1 heterocycles. The largest absolute Gasteiger partial charge is 0.395 e. The number of hydrogen-bond acceptors (Lipinski definition) is 6. The number of anilines is 1. The molecule has 0 aliphatic rings. The van der Waals surface area contributed by atoms with Crippen LogP contribution in [0.1, 0.15) is 48.0 Å². The molecule has 3 aromatic rings. The molecule has 3 rings (SSSR count). The fourth-order valence-electron chi connectivity index (χ4n) is 3.95. The predicted molar refractivity (Wildman–Crippen MR) is 137 cm³/mol. The van der Waals surface area contributed by atoms with Crippen molar-refractivity contribution < 1.29 is 24.7 Å². The van der Waals surface area contributed by atoms with E-state index in [2.05, 4.69) is 10.3 Å². The third-order valence-corrected chi connectivity index (χ3v) is 5.84. The summed E-state index contributed by atoms with van der Waals surface area (Å²) in [5.41, 5.74) is 4.23. The molecular weight excluding hydrogens is 460 g/mol. The lowest BCUT2D eigenvalue weighted by Crippen LogP contribution is -2.35. The Morgan fingerprint density at radius 1 is 0.917 bits per heavy atom. The van der Waals surface area contributed by atoms with Gasteiger partial charge < -0.3 is 15.3 Å². The summed E-state index contributed by atoms with van der Waals surface area (Å²) in [7, 11) is 0. The van der Waals surface area contributed by atoms with Crippen LogP contribution in [0.4, 0.5) is 5.69 Å². The van der Waals surface area contributed by atoms with Gasteiger partial charge in [0.15, 0.2) is 0 Å². The molecule has 0 aliphatic heterocycles. The van der Waals surface area contributed by atoms with E-state index >= 15 is 0 Å². The number of para-hydroxylation sites is 1. The van der Waals surface area contributed by atoms with Gasteiger partial charge in [0.05, 0.1) is 24.2 Å². The topological polar surface area (TPSA) is 132 Å². The number of amides is 3. The van der Waals surface area contributed by atoms with Gasteiger partial charge in [-0.1, -0.05) is 43.2 Å². The van der Waals surface area contributed by atoms with Gasteiger partial charge in [0.25, 0.3) is 5.91 Å². The highest BCUT2D eigenvalue weighted by Gasteiger charge is 2.19. The molecule has 0 saturated heterocycles. The molecule has 9 heteroatoms. The van der Waals surface area contributed by atoms with Crippen LogP contribution in [0.15, 0.2) is 60.8 Å². The summed E-state index contributed by atoms with van der Waals surface area (Å²) < 4.78 is 0.